The van der Waals surface area contributed by atoms with E-state index in [9.17, 15) is 8.42 Å². The topological polar surface area (TPSA) is 55.4 Å². The van der Waals surface area contributed by atoms with Crippen LogP contribution in [0.4, 0.5) is 0 Å². The van der Waals surface area contributed by atoms with Gasteiger partial charge in [-0.3, -0.25) is 0 Å². The molecule has 1 aromatic rings. The van der Waals surface area contributed by atoms with Crippen LogP contribution in [0.15, 0.2) is 29.2 Å². The Morgan fingerprint density at radius 2 is 2.00 bits per heavy atom. The Balaban J connectivity index is 2.94. The molecule has 0 aromatic heterocycles. The van der Waals surface area contributed by atoms with Crippen LogP contribution < -0.4 is 5.32 Å². The molecule has 1 rings (SSSR count). The number of nitrogens with one attached hydrogen (secondary N) is 1. The molecule has 0 fully saturated rings. The molecule has 0 aliphatic carbocycles. The SMILES string of the molecule is CCCNC(COC(C)C)c1cccc(S(C)(=O)=O)c1. The summed E-state index contributed by atoms with van der Waals surface area (Å²) >= 11 is 0. The fraction of sp³-hybridized carbons (Fsp3) is 0.600. The third-order valence-corrected chi connectivity index (χ3v) is 4.04. The highest BCUT2D eigenvalue weighted by Crippen LogP contribution is 2.18. The summed E-state index contributed by atoms with van der Waals surface area (Å²) in [4.78, 5) is 0.350. The summed E-state index contributed by atoms with van der Waals surface area (Å²) in [5.74, 6) is 0. The second kappa shape index (κ2) is 7.76. The summed E-state index contributed by atoms with van der Waals surface area (Å²) in [6.45, 7) is 7.48. The molecule has 4 nitrogen and oxygen atoms in total. The highest BCUT2D eigenvalue weighted by Gasteiger charge is 2.15. The Morgan fingerprint density at radius 3 is 2.55 bits per heavy atom. The third-order valence-electron chi connectivity index (χ3n) is 2.93. The molecule has 5 heteroatoms. The number of sulfone groups is 1. The first-order chi connectivity index (χ1) is 9.34. The van der Waals surface area contributed by atoms with Crippen molar-refractivity contribution in [3.63, 3.8) is 0 Å². The van der Waals surface area contributed by atoms with E-state index in [1.807, 2.05) is 19.9 Å². The maximum Gasteiger partial charge on any atom is 0.175 e. The van der Waals surface area contributed by atoms with Crippen LogP contribution in [-0.4, -0.2) is 33.9 Å². The fourth-order valence-electron chi connectivity index (χ4n) is 1.84. The molecular weight excluding hydrogens is 274 g/mol. The second-order valence-electron chi connectivity index (χ2n) is 5.23. The molecule has 1 unspecified atom stereocenters. The Bertz CT molecular complexity index is 512. The molecule has 0 radical (unpaired) electrons. The average Bonchev–Trinajstić information content (AvgIpc) is 2.38. The van der Waals surface area contributed by atoms with Crippen molar-refractivity contribution in [2.24, 2.45) is 0 Å². The second-order valence-corrected chi connectivity index (χ2v) is 7.25. The smallest absolute Gasteiger partial charge is 0.175 e. The molecular formula is C15H25NO3S. The van der Waals surface area contributed by atoms with Gasteiger partial charge in [-0.05, 0) is 44.5 Å². The van der Waals surface area contributed by atoms with Crippen molar-refractivity contribution in [1.82, 2.24) is 5.32 Å². The van der Waals surface area contributed by atoms with Crippen molar-refractivity contribution in [2.75, 3.05) is 19.4 Å². The van der Waals surface area contributed by atoms with Gasteiger partial charge in [-0.25, -0.2) is 8.42 Å². The molecule has 0 saturated carbocycles. The van der Waals surface area contributed by atoms with Crippen LogP contribution in [0.5, 0.6) is 0 Å². The van der Waals surface area contributed by atoms with Crippen LogP contribution in [0.3, 0.4) is 0 Å². The molecule has 20 heavy (non-hydrogen) atoms. The molecule has 0 aliphatic rings. The summed E-state index contributed by atoms with van der Waals surface area (Å²) in [5.41, 5.74) is 0.946. The van der Waals surface area contributed by atoms with E-state index in [0.717, 1.165) is 18.5 Å². The average molecular weight is 299 g/mol. The minimum atomic E-state index is -3.18. The lowest BCUT2D eigenvalue weighted by Gasteiger charge is -2.21. The molecule has 114 valence electrons. The summed E-state index contributed by atoms with van der Waals surface area (Å²) in [6, 6.07) is 7.08. The summed E-state index contributed by atoms with van der Waals surface area (Å²) < 4.78 is 28.9. The van der Waals surface area contributed by atoms with Gasteiger partial charge in [-0.15, -0.1) is 0 Å². The molecule has 1 aromatic carbocycles. The van der Waals surface area contributed by atoms with E-state index in [-0.39, 0.29) is 12.1 Å². The molecule has 1 atom stereocenters. The molecule has 0 bridgehead atoms. The minimum Gasteiger partial charge on any atom is -0.377 e. The lowest BCUT2D eigenvalue weighted by Crippen LogP contribution is -2.27. The Hall–Kier alpha value is -0.910. The van der Waals surface area contributed by atoms with Crippen LogP contribution >= 0.6 is 0 Å². The summed E-state index contributed by atoms with van der Waals surface area (Å²) in [7, 11) is -3.18. The number of ether oxygens (including phenoxy) is 1. The first-order valence-corrected chi connectivity index (χ1v) is 8.88. The highest BCUT2D eigenvalue weighted by atomic mass is 32.2. The lowest BCUT2D eigenvalue weighted by atomic mass is 10.1. The van der Waals surface area contributed by atoms with Gasteiger partial charge in [0.1, 0.15) is 0 Å². The predicted molar refractivity (Wildman–Crippen MR) is 81.7 cm³/mol. The molecule has 0 amide bonds. The summed E-state index contributed by atoms with van der Waals surface area (Å²) in [5, 5.41) is 3.40. The van der Waals surface area contributed by atoms with Gasteiger partial charge < -0.3 is 10.1 Å². The van der Waals surface area contributed by atoms with Crippen LogP contribution in [0.1, 0.15) is 38.8 Å². The first kappa shape index (κ1) is 17.1. The van der Waals surface area contributed by atoms with Gasteiger partial charge in [0.05, 0.1) is 23.6 Å². The van der Waals surface area contributed by atoms with E-state index in [4.69, 9.17) is 4.74 Å². The van der Waals surface area contributed by atoms with Gasteiger partial charge in [0.2, 0.25) is 0 Å². The van der Waals surface area contributed by atoms with Gasteiger partial charge in [-0.2, -0.15) is 0 Å². The van der Waals surface area contributed by atoms with Crippen LogP contribution in [0.25, 0.3) is 0 Å². The number of benzene rings is 1. The van der Waals surface area contributed by atoms with Crippen molar-refractivity contribution in [1.29, 1.82) is 0 Å². The van der Waals surface area contributed by atoms with E-state index >= 15 is 0 Å². The van der Waals surface area contributed by atoms with Crippen molar-refractivity contribution in [3.05, 3.63) is 29.8 Å². The van der Waals surface area contributed by atoms with Crippen molar-refractivity contribution >= 4 is 9.84 Å². The third kappa shape index (κ3) is 5.61. The quantitative estimate of drug-likeness (QED) is 0.801. The number of rotatable bonds is 8. The largest absolute Gasteiger partial charge is 0.377 e. The van der Waals surface area contributed by atoms with Gasteiger partial charge in [0.15, 0.2) is 9.84 Å². The molecule has 0 heterocycles. The molecule has 0 saturated heterocycles. The predicted octanol–water partition coefficient (Wildman–Crippen LogP) is 2.56. The molecule has 1 N–H and O–H groups in total. The van der Waals surface area contributed by atoms with Gasteiger partial charge in [0.25, 0.3) is 0 Å². The number of hydrogen-bond donors (Lipinski definition) is 1. The highest BCUT2D eigenvalue weighted by molar-refractivity contribution is 7.90. The van der Waals surface area contributed by atoms with Crippen LogP contribution in [0.2, 0.25) is 0 Å². The van der Waals surface area contributed by atoms with Crippen LogP contribution in [0, 0.1) is 0 Å². The van der Waals surface area contributed by atoms with Crippen LogP contribution in [-0.2, 0) is 14.6 Å². The summed E-state index contributed by atoms with van der Waals surface area (Å²) in [6.07, 6.45) is 2.40. The maximum atomic E-state index is 11.6. The minimum absolute atomic E-state index is 0.0130. The monoisotopic (exact) mass is 299 g/mol. The van der Waals surface area contributed by atoms with E-state index in [1.54, 1.807) is 18.2 Å². The van der Waals surface area contributed by atoms with E-state index in [0.29, 0.717) is 11.5 Å². The van der Waals surface area contributed by atoms with Crippen molar-refractivity contribution < 1.29 is 13.2 Å². The maximum absolute atomic E-state index is 11.6. The molecule has 0 aliphatic heterocycles. The zero-order valence-electron chi connectivity index (χ0n) is 12.7. The van der Waals surface area contributed by atoms with E-state index < -0.39 is 9.84 Å². The Labute approximate surface area is 122 Å². The lowest BCUT2D eigenvalue weighted by molar-refractivity contribution is 0.0611. The van der Waals surface area contributed by atoms with E-state index in [2.05, 4.69) is 12.2 Å². The number of hydrogen-bond acceptors (Lipinski definition) is 4. The fourth-order valence-corrected chi connectivity index (χ4v) is 2.52. The Morgan fingerprint density at radius 1 is 1.30 bits per heavy atom. The first-order valence-electron chi connectivity index (χ1n) is 6.99. The van der Waals surface area contributed by atoms with Gasteiger partial charge in [-0.1, -0.05) is 19.1 Å². The van der Waals surface area contributed by atoms with Gasteiger partial charge in [0, 0.05) is 6.26 Å². The van der Waals surface area contributed by atoms with Crippen molar-refractivity contribution in [3.8, 4) is 0 Å². The standard InChI is InChI=1S/C15H25NO3S/c1-5-9-16-15(11-19-12(2)3)13-7-6-8-14(10-13)20(4,17)18/h6-8,10,12,15-16H,5,9,11H2,1-4H3. The molecule has 0 spiro atoms. The normalized spacial score (nSPS) is 13.7. The van der Waals surface area contributed by atoms with Crippen molar-refractivity contribution in [2.45, 2.75) is 44.2 Å². The van der Waals surface area contributed by atoms with E-state index in [1.165, 1.54) is 6.26 Å². The zero-order valence-corrected chi connectivity index (χ0v) is 13.5. The Kier molecular flexibility index (Phi) is 6.65. The van der Waals surface area contributed by atoms with Gasteiger partial charge >= 0.3 is 0 Å². The zero-order chi connectivity index (χ0) is 15.2.